The molecule has 0 fully saturated rings. The zero-order valence-corrected chi connectivity index (χ0v) is 19.3. The van der Waals surface area contributed by atoms with E-state index in [0.717, 1.165) is 35.4 Å². The van der Waals surface area contributed by atoms with Crippen LogP contribution < -0.4 is 10.6 Å². The second-order valence-electron chi connectivity index (χ2n) is 6.38. The summed E-state index contributed by atoms with van der Waals surface area (Å²) in [5.41, 5.74) is 3.12. The molecular formula is C20H30IN5O2. The first kappa shape index (κ1) is 23.9. The third-order valence-electron chi connectivity index (χ3n) is 4.21. The molecule has 0 saturated carbocycles. The minimum Gasteiger partial charge on any atom is -0.361 e. The highest BCUT2D eigenvalue weighted by Gasteiger charge is 2.14. The summed E-state index contributed by atoms with van der Waals surface area (Å²) in [5, 5.41) is 10.5. The van der Waals surface area contributed by atoms with Crippen LogP contribution in [0.5, 0.6) is 0 Å². The van der Waals surface area contributed by atoms with Crippen molar-refractivity contribution in [3.63, 3.8) is 0 Å². The quantitative estimate of drug-likeness (QED) is 0.332. The van der Waals surface area contributed by atoms with Gasteiger partial charge in [-0.2, -0.15) is 0 Å². The number of carbonyl (C=O) groups is 1. The van der Waals surface area contributed by atoms with E-state index < -0.39 is 0 Å². The molecular weight excluding hydrogens is 469 g/mol. The lowest BCUT2D eigenvalue weighted by Crippen LogP contribution is -2.42. The Morgan fingerprint density at radius 2 is 1.86 bits per heavy atom. The van der Waals surface area contributed by atoms with E-state index in [-0.39, 0.29) is 36.4 Å². The van der Waals surface area contributed by atoms with E-state index in [9.17, 15) is 4.79 Å². The van der Waals surface area contributed by atoms with Crippen LogP contribution in [-0.4, -0.2) is 42.6 Å². The molecule has 154 valence electrons. The molecule has 0 bridgehead atoms. The van der Waals surface area contributed by atoms with Crippen LogP contribution in [0.3, 0.4) is 0 Å². The zero-order chi connectivity index (χ0) is 19.6. The Balaban J connectivity index is 0.00000392. The average molecular weight is 499 g/mol. The van der Waals surface area contributed by atoms with Crippen molar-refractivity contribution in [2.45, 2.75) is 39.8 Å². The van der Waals surface area contributed by atoms with Crippen LogP contribution in [0.2, 0.25) is 0 Å². The summed E-state index contributed by atoms with van der Waals surface area (Å²) in [6, 6.07) is 10.00. The van der Waals surface area contributed by atoms with Gasteiger partial charge in [0.2, 0.25) is 5.91 Å². The Hall–Kier alpha value is -2.10. The Morgan fingerprint density at radius 3 is 2.46 bits per heavy atom. The van der Waals surface area contributed by atoms with Crippen molar-refractivity contribution in [2.75, 3.05) is 20.6 Å². The van der Waals surface area contributed by atoms with Gasteiger partial charge in [0.15, 0.2) is 5.96 Å². The van der Waals surface area contributed by atoms with E-state index in [0.29, 0.717) is 19.0 Å². The van der Waals surface area contributed by atoms with Crippen molar-refractivity contribution in [3.8, 4) is 0 Å². The molecule has 0 radical (unpaired) electrons. The summed E-state index contributed by atoms with van der Waals surface area (Å²) in [7, 11) is 3.47. The van der Waals surface area contributed by atoms with E-state index in [1.165, 1.54) is 0 Å². The number of amides is 1. The first-order chi connectivity index (χ1) is 13.0. The van der Waals surface area contributed by atoms with Gasteiger partial charge in [0.1, 0.15) is 5.76 Å². The van der Waals surface area contributed by atoms with E-state index in [1.807, 2.05) is 37.3 Å². The number of guanidine groups is 1. The Morgan fingerprint density at radius 1 is 1.14 bits per heavy atom. The lowest BCUT2D eigenvalue weighted by molar-refractivity contribution is -0.127. The molecule has 1 aromatic heterocycles. The molecule has 0 aliphatic rings. The fourth-order valence-electron chi connectivity index (χ4n) is 2.56. The Kier molecular flexibility index (Phi) is 10.6. The molecule has 0 unspecified atom stereocenters. The number of nitrogens with zero attached hydrogens (tertiary/aromatic N) is 3. The van der Waals surface area contributed by atoms with Gasteiger partial charge in [-0.3, -0.25) is 4.79 Å². The molecule has 8 heteroatoms. The van der Waals surface area contributed by atoms with Crippen LogP contribution >= 0.6 is 24.0 Å². The molecule has 2 N–H and O–H groups in total. The van der Waals surface area contributed by atoms with Gasteiger partial charge in [-0.05, 0) is 12.0 Å². The maximum absolute atomic E-state index is 11.9. The smallest absolute Gasteiger partial charge is 0.241 e. The normalized spacial score (nSPS) is 10.9. The van der Waals surface area contributed by atoms with Crippen LogP contribution in [0.15, 0.2) is 39.8 Å². The van der Waals surface area contributed by atoms with Crippen molar-refractivity contribution in [1.82, 2.24) is 20.7 Å². The van der Waals surface area contributed by atoms with Gasteiger partial charge in [-0.1, -0.05) is 49.3 Å². The maximum Gasteiger partial charge on any atom is 0.241 e. The first-order valence-electron chi connectivity index (χ1n) is 9.27. The fourth-order valence-corrected chi connectivity index (χ4v) is 2.56. The van der Waals surface area contributed by atoms with Crippen molar-refractivity contribution in [3.05, 3.63) is 52.9 Å². The molecule has 0 spiro atoms. The third-order valence-corrected chi connectivity index (χ3v) is 4.21. The van der Waals surface area contributed by atoms with Crippen LogP contribution in [0, 0.1) is 0 Å². The van der Waals surface area contributed by atoms with Crippen molar-refractivity contribution < 1.29 is 9.32 Å². The molecule has 0 saturated heterocycles. The van der Waals surface area contributed by atoms with Crippen LogP contribution in [0.4, 0.5) is 0 Å². The molecule has 1 amide bonds. The van der Waals surface area contributed by atoms with Gasteiger partial charge in [-0.25, -0.2) is 4.99 Å². The molecule has 2 aromatic rings. The lowest BCUT2D eigenvalue weighted by Gasteiger charge is -2.15. The number of hydrogen-bond donors (Lipinski definition) is 2. The maximum atomic E-state index is 11.9. The predicted octanol–water partition coefficient (Wildman–Crippen LogP) is 2.74. The molecule has 28 heavy (non-hydrogen) atoms. The molecule has 0 atom stereocenters. The van der Waals surface area contributed by atoms with E-state index in [1.54, 1.807) is 19.0 Å². The Bertz CT molecular complexity index is 738. The van der Waals surface area contributed by atoms with Gasteiger partial charge in [0, 0.05) is 32.6 Å². The van der Waals surface area contributed by atoms with Gasteiger partial charge in [0.05, 0.1) is 18.8 Å². The summed E-state index contributed by atoms with van der Waals surface area (Å²) in [6.45, 7) is 5.35. The number of carbonyl (C=O) groups excluding carboxylic acids is 1. The molecule has 1 aromatic carbocycles. The Labute approximate surface area is 184 Å². The summed E-state index contributed by atoms with van der Waals surface area (Å²) in [5.74, 6) is 1.45. The highest BCUT2D eigenvalue weighted by atomic mass is 127. The SMILES string of the molecule is CCc1noc(CC)c1CNC(=NCc1ccccc1)NCC(=O)N(C)C.I. The molecule has 2 rings (SSSR count). The number of likely N-dealkylation sites (N-methyl/N-ethyl adjacent to an activating group) is 1. The van der Waals surface area contributed by atoms with E-state index in [4.69, 9.17) is 4.52 Å². The highest BCUT2D eigenvalue weighted by Crippen LogP contribution is 2.15. The minimum absolute atomic E-state index is 0. The summed E-state index contributed by atoms with van der Waals surface area (Å²) in [6.07, 6.45) is 1.59. The number of nitrogens with one attached hydrogen (secondary N) is 2. The van der Waals surface area contributed by atoms with Crippen molar-refractivity contribution in [2.24, 2.45) is 4.99 Å². The van der Waals surface area contributed by atoms with E-state index in [2.05, 4.69) is 27.7 Å². The number of rotatable bonds is 8. The largest absolute Gasteiger partial charge is 0.361 e. The number of benzene rings is 1. The highest BCUT2D eigenvalue weighted by molar-refractivity contribution is 14.0. The van der Waals surface area contributed by atoms with Crippen LogP contribution in [-0.2, 0) is 30.7 Å². The minimum atomic E-state index is -0.0160. The van der Waals surface area contributed by atoms with Crippen LogP contribution in [0.25, 0.3) is 0 Å². The lowest BCUT2D eigenvalue weighted by atomic mass is 10.1. The van der Waals surface area contributed by atoms with Gasteiger partial charge in [-0.15, -0.1) is 24.0 Å². The summed E-state index contributed by atoms with van der Waals surface area (Å²) < 4.78 is 5.42. The summed E-state index contributed by atoms with van der Waals surface area (Å²) in [4.78, 5) is 18.1. The van der Waals surface area contributed by atoms with E-state index >= 15 is 0 Å². The topological polar surface area (TPSA) is 82.8 Å². The van der Waals surface area contributed by atoms with Crippen molar-refractivity contribution >= 4 is 35.8 Å². The number of halogens is 1. The summed E-state index contributed by atoms with van der Waals surface area (Å²) >= 11 is 0. The molecule has 1 heterocycles. The van der Waals surface area contributed by atoms with Crippen LogP contribution in [0.1, 0.15) is 36.4 Å². The second kappa shape index (κ2) is 12.4. The number of aliphatic imine (C=N–C) groups is 1. The molecule has 7 nitrogen and oxygen atoms in total. The van der Waals surface area contributed by atoms with Gasteiger partial charge < -0.3 is 20.1 Å². The monoisotopic (exact) mass is 499 g/mol. The second-order valence-corrected chi connectivity index (χ2v) is 6.38. The molecule has 0 aliphatic heterocycles. The number of aromatic nitrogens is 1. The average Bonchev–Trinajstić information content (AvgIpc) is 3.09. The molecule has 0 aliphatic carbocycles. The predicted molar refractivity (Wildman–Crippen MR) is 122 cm³/mol. The van der Waals surface area contributed by atoms with Gasteiger partial charge in [0.25, 0.3) is 0 Å². The first-order valence-corrected chi connectivity index (χ1v) is 9.27. The number of hydrogen-bond acceptors (Lipinski definition) is 4. The fraction of sp³-hybridized carbons (Fsp3) is 0.450. The third kappa shape index (κ3) is 7.14. The standard InChI is InChI=1S/C20H29N5O2.HI/c1-5-17-16(18(6-2)27-24-17)13-22-20(23-14-19(26)25(3)4)21-12-15-10-8-7-9-11-15;/h7-11H,5-6,12-14H2,1-4H3,(H2,21,22,23);1H. The number of aryl methyl sites for hydroxylation is 2. The van der Waals surface area contributed by atoms with Crippen molar-refractivity contribution in [1.29, 1.82) is 0 Å². The zero-order valence-electron chi connectivity index (χ0n) is 17.0. The van der Waals surface area contributed by atoms with Gasteiger partial charge >= 0.3 is 0 Å².